The lowest BCUT2D eigenvalue weighted by Crippen LogP contribution is -2.31. The second kappa shape index (κ2) is 6.54. The number of hydrogen-bond acceptors (Lipinski definition) is 3. The lowest BCUT2D eigenvalue weighted by atomic mass is 9.95. The molecule has 2 saturated heterocycles. The maximum Gasteiger partial charge on any atom is 0.211 e. The molecule has 0 bridgehead atoms. The quantitative estimate of drug-likeness (QED) is 0.847. The van der Waals surface area contributed by atoms with Gasteiger partial charge in [-0.2, -0.15) is 0 Å². The molecule has 2 atom stereocenters. The molecule has 3 rings (SSSR count). The lowest BCUT2D eigenvalue weighted by Gasteiger charge is -2.21. The predicted octanol–water partition coefficient (Wildman–Crippen LogP) is 2.37. The predicted molar refractivity (Wildman–Crippen MR) is 94.2 cm³/mol. The molecule has 0 saturated carbocycles. The van der Waals surface area contributed by atoms with E-state index in [4.69, 9.17) is 0 Å². The molecule has 0 amide bonds. The van der Waals surface area contributed by atoms with E-state index in [9.17, 15) is 8.42 Å². The second-order valence-corrected chi connectivity index (χ2v) is 9.42. The monoisotopic (exact) mass is 336 g/mol. The van der Waals surface area contributed by atoms with E-state index in [-0.39, 0.29) is 0 Å². The van der Waals surface area contributed by atoms with Gasteiger partial charge in [0.1, 0.15) is 0 Å². The number of sulfonamides is 1. The van der Waals surface area contributed by atoms with Crippen LogP contribution in [0, 0.1) is 19.8 Å². The van der Waals surface area contributed by atoms with Crippen LogP contribution in [0.25, 0.3) is 0 Å². The van der Waals surface area contributed by atoms with Crippen LogP contribution in [0.1, 0.15) is 35.4 Å². The van der Waals surface area contributed by atoms with Crippen LogP contribution >= 0.6 is 0 Å². The van der Waals surface area contributed by atoms with Crippen molar-refractivity contribution in [2.45, 2.75) is 32.6 Å². The van der Waals surface area contributed by atoms with Crippen LogP contribution in [0.4, 0.5) is 0 Å². The average molecular weight is 337 g/mol. The van der Waals surface area contributed by atoms with Gasteiger partial charge in [0.05, 0.1) is 6.26 Å². The van der Waals surface area contributed by atoms with E-state index in [2.05, 4.69) is 36.9 Å². The van der Waals surface area contributed by atoms with E-state index in [1.165, 1.54) is 29.4 Å². The van der Waals surface area contributed by atoms with E-state index in [0.717, 1.165) is 26.1 Å². The Balaban J connectivity index is 1.56. The van der Waals surface area contributed by atoms with Crippen molar-refractivity contribution in [1.29, 1.82) is 0 Å². The highest BCUT2D eigenvalue weighted by atomic mass is 32.2. The van der Waals surface area contributed by atoms with Crippen LogP contribution in [0.2, 0.25) is 0 Å². The molecule has 0 aromatic heterocycles. The third-order valence-corrected chi connectivity index (χ3v) is 6.49. The lowest BCUT2D eigenvalue weighted by molar-refractivity contribution is 0.279. The molecule has 0 radical (unpaired) electrons. The molecular formula is C18H28N2O2S. The molecular weight excluding hydrogens is 308 g/mol. The van der Waals surface area contributed by atoms with Crippen molar-refractivity contribution in [3.8, 4) is 0 Å². The van der Waals surface area contributed by atoms with Crippen molar-refractivity contribution in [3.05, 3.63) is 34.9 Å². The summed E-state index contributed by atoms with van der Waals surface area (Å²) in [6.07, 6.45) is 3.53. The number of nitrogens with zero attached hydrogens (tertiary/aromatic N) is 2. The van der Waals surface area contributed by atoms with Gasteiger partial charge in [0.2, 0.25) is 10.0 Å². The second-order valence-electron chi connectivity index (χ2n) is 7.44. The van der Waals surface area contributed by atoms with E-state index >= 15 is 0 Å². The Morgan fingerprint density at radius 3 is 2.35 bits per heavy atom. The van der Waals surface area contributed by atoms with Gasteiger partial charge >= 0.3 is 0 Å². The summed E-state index contributed by atoms with van der Waals surface area (Å²) in [5.41, 5.74) is 4.16. The molecule has 128 valence electrons. The maximum atomic E-state index is 11.6. The Morgan fingerprint density at radius 1 is 1.04 bits per heavy atom. The highest BCUT2D eigenvalue weighted by Crippen LogP contribution is 2.30. The molecule has 0 unspecified atom stereocenters. The first-order valence-corrected chi connectivity index (χ1v) is 10.4. The van der Waals surface area contributed by atoms with Crippen molar-refractivity contribution < 1.29 is 8.42 Å². The number of likely N-dealkylation sites (tertiary alicyclic amines) is 1. The fourth-order valence-electron chi connectivity index (χ4n) is 4.13. The first-order chi connectivity index (χ1) is 10.8. The number of benzene rings is 1. The summed E-state index contributed by atoms with van der Waals surface area (Å²) in [7, 11) is -3.02. The van der Waals surface area contributed by atoms with Gasteiger partial charge in [-0.25, -0.2) is 12.7 Å². The Kier molecular flexibility index (Phi) is 4.81. The van der Waals surface area contributed by atoms with Crippen molar-refractivity contribution in [3.63, 3.8) is 0 Å². The summed E-state index contributed by atoms with van der Waals surface area (Å²) in [6.45, 7) is 9.00. The fourth-order valence-corrected chi connectivity index (χ4v) is 5.05. The highest BCUT2D eigenvalue weighted by molar-refractivity contribution is 7.88. The minimum atomic E-state index is -3.02. The topological polar surface area (TPSA) is 40.6 Å². The van der Waals surface area contributed by atoms with Gasteiger partial charge in [-0.3, -0.25) is 0 Å². The van der Waals surface area contributed by atoms with Crippen LogP contribution in [-0.4, -0.2) is 56.6 Å². The molecule has 1 aromatic carbocycles. The third-order valence-electron chi connectivity index (χ3n) is 5.22. The minimum absolute atomic E-state index is 0.489. The summed E-state index contributed by atoms with van der Waals surface area (Å²) in [5.74, 6) is 1.11. The van der Waals surface area contributed by atoms with Gasteiger partial charge in [-0.05, 0) is 50.6 Å². The molecule has 23 heavy (non-hydrogen) atoms. The Hall–Kier alpha value is -0.910. The Bertz CT molecular complexity index is 651. The van der Waals surface area contributed by atoms with E-state index in [0.29, 0.717) is 24.9 Å². The van der Waals surface area contributed by atoms with Crippen molar-refractivity contribution in [2.24, 2.45) is 5.92 Å². The summed E-state index contributed by atoms with van der Waals surface area (Å²) in [6, 6.07) is 6.87. The van der Waals surface area contributed by atoms with Gasteiger partial charge in [-0.1, -0.05) is 29.3 Å². The van der Waals surface area contributed by atoms with Crippen molar-refractivity contribution in [2.75, 3.05) is 39.0 Å². The maximum absolute atomic E-state index is 11.6. The van der Waals surface area contributed by atoms with Gasteiger partial charge in [-0.15, -0.1) is 0 Å². The van der Waals surface area contributed by atoms with E-state index < -0.39 is 10.0 Å². The number of aryl methyl sites for hydroxylation is 2. The molecule has 2 aliphatic heterocycles. The SMILES string of the molecule is Cc1cc(C)cc([C@@H]2CCN(C[C@@H]3CCN(S(C)(=O)=O)C3)C2)c1. The number of hydrogen-bond donors (Lipinski definition) is 0. The van der Waals surface area contributed by atoms with Gasteiger partial charge in [0, 0.05) is 26.2 Å². The van der Waals surface area contributed by atoms with Crippen LogP contribution < -0.4 is 0 Å². The Morgan fingerprint density at radius 2 is 1.74 bits per heavy atom. The zero-order valence-electron chi connectivity index (χ0n) is 14.5. The normalized spacial score (nSPS) is 26.9. The standard InChI is InChI=1S/C18H28N2O2S/c1-14-8-15(2)10-18(9-14)17-5-6-19(13-17)11-16-4-7-20(12-16)23(3,21)22/h8-10,16-17H,4-7,11-13H2,1-3H3/t16-,17+/m0/s1. The smallest absolute Gasteiger partial charge is 0.211 e. The highest BCUT2D eigenvalue weighted by Gasteiger charge is 2.32. The molecule has 5 heteroatoms. The van der Waals surface area contributed by atoms with Crippen LogP contribution in [0.3, 0.4) is 0 Å². The fraction of sp³-hybridized carbons (Fsp3) is 0.667. The summed E-state index contributed by atoms with van der Waals surface area (Å²) >= 11 is 0. The van der Waals surface area contributed by atoms with Crippen molar-refractivity contribution in [1.82, 2.24) is 9.21 Å². The summed E-state index contributed by atoms with van der Waals surface area (Å²) in [4.78, 5) is 2.53. The van der Waals surface area contributed by atoms with Crippen LogP contribution in [-0.2, 0) is 10.0 Å². The first-order valence-electron chi connectivity index (χ1n) is 8.57. The molecule has 0 aliphatic carbocycles. The zero-order valence-corrected chi connectivity index (χ0v) is 15.3. The molecule has 2 fully saturated rings. The number of rotatable bonds is 4. The molecule has 2 heterocycles. The van der Waals surface area contributed by atoms with Crippen LogP contribution in [0.15, 0.2) is 18.2 Å². The molecule has 0 N–H and O–H groups in total. The zero-order chi connectivity index (χ0) is 16.6. The summed E-state index contributed by atoms with van der Waals surface area (Å²) in [5, 5.41) is 0. The largest absolute Gasteiger partial charge is 0.302 e. The average Bonchev–Trinajstić information content (AvgIpc) is 3.06. The molecule has 1 aromatic rings. The Labute approximate surface area is 140 Å². The van der Waals surface area contributed by atoms with Gasteiger partial charge in [0.25, 0.3) is 0 Å². The molecule has 2 aliphatic rings. The van der Waals surface area contributed by atoms with Crippen molar-refractivity contribution >= 4 is 10.0 Å². The van der Waals surface area contributed by atoms with E-state index in [1.54, 1.807) is 4.31 Å². The van der Waals surface area contributed by atoms with E-state index in [1.807, 2.05) is 0 Å². The molecule has 4 nitrogen and oxygen atoms in total. The minimum Gasteiger partial charge on any atom is -0.302 e. The van der Waals surface area contributed by atoms with Gasteiger partial charge < -0.3 is 4.90 Å². The molecule has 0 spiro atoms. The van der Waals surface area contributed by atoms with Gasteiger partial charge in [0.15, 0.2) is 0 Å². The van der Waals surface area contributed by atoms with Crippen LogP contribution in [0.5, 0.6) is 0 Å². The first kappa shape index (κ1) is 16.9. The third kappa shape index (κ3) is 4.14. The summed E-state index contributed by atoms with van der Waals surface area (Å²) < 4.78 is 24.9.